The van der Waals surface area contributed by atoms with Crippen molar-refractivity contribution in [1.82, 2.24) is 0 Å². The van der Waals surface area contributed by atoms with Crippen LogP contribution in [0.5, 0.6) is 0 Å². The number of hydrogen-bond acceptors (Lipinski definition) is 0. The van der Waals surface area contributed by atoms with Crippen LogP contribution < -0.4 is 0 Å². The maximum absolute atomic E-state index is 2.74. The van der Waals surface area contributed by atoms with E-state index in [1.807, 2.05) is 0 Å². The molecule has 1 heteroatoms. The first kappa shape index (κ1) is 20.3. The molecule has 0 spiro atoms. The first-order chi connectivity index (χ1) is 9.60. The molecule has 0 saturated heterocycles. The van der Waals surface area contributed by atoms with Gasteiger partial charge in [-0.25, -0.2) is 0 Å². The summed E-state index contributed by atoms with van der Waals surface area (Å²) in [5.41, 5.74) is 0. The van der Waals surface area contributed by atoms with Crippen LogP contribution in [0.15, 0.2) is 22.3 Å². The minimum atomic E-state index is -1.99. The topological polar surface area (TPSA) is 0 Å². The van der Waals surface area contributed by atoms with Crippen LogP contribution in [0, 0.1) is 5.92 Å². The Morgan fingerprint density at radius 2 is 1.20 bits per heavy atom. The molecule has 0 aromatic heterocycles. The molecule has 0 atom stereocenters. The number of hydrogen-bond donors (Lipinski definition) is 0. The monoisotopic (exact) mass is 386 g/mol. The second kappa shape index (κ2) is 13.0. The van der Waals surface area contributed by atoms with Crippen LogP contribution in [0.2, 0.25) is 13.3 Å². The van der Waals surface area contributed by atoms with E-state index < -0.39 is 18.4 Å². The van der Waals surface area contributed by atoms with E-state index in [2.05, 4.69) is 56.9 Å². The van der Waals surface area contributed by atoms with Gasteiger partial charge in [0.15, 0.2) is 0 Å². The van der Waals surface area contributed by atoms with Crippen LogP contribution in [-0.4, -0.2) is 18.4 Å². The molecule has 0 saturated carbocycles. The van der Waals surface area contributed by atoms with E-state index >= 15 is 0 Å². The van der Waals surface area contributed by atoms with Gasteiger partial charge in [-0.05, 0) is 0 Å². The molecule has 0 N–H and O–H groups in total. The van der Waals surface area contributed by atoms with Gasteiger partial charge in [0.1, 0.15) is 0 Å². The third-order valence-corrected chi connectivity index (χ3v) is 18.3. The molecule has 0 bridgehead atoms. The maximum atomic E-state index is 2.74. The predicted molar refractivity (Wildman–Crippen MR) is 98.0 cm³/mol. The molecular formula is C19H38Sn. The molecule has 0 nitrogen and oxygen atoms in total. The first-order valence-corrected chi connectivity index (χ1v) is 16.7. The zero-order valence-electron chi connectivity index (χ0n) is 14.8. The quantitative estimate of drug-likeness (QED) is 0.247. The molecule has 0 fully saturated rings. The molecule has 0 aromatic carbocycles. The number of allylic oxidation sites excluding steroid dienone is 3. The molecule has 0 rings (SSSR count). The van der Waals surface area contributed by atoms with E-state index in [-0.39, 0.29) is 0 Å². The van der Waals surface area contributed by atoms with Gasteiger partial charge in [-0.3, -0.25) is 0 Å². The summed E-state index contributed by atoms with van der Waals surface area (Å²) in [6.45, 7) is 11.5. The minimum absolute atomic E-state index is 0.672. The third kappa shape index (κ3) is 10.1. The Labute approximate surface area is 133 Å². The number of unbranched alkanes of at least 4 members (excludes halogenated alkanes) is 3. The van der Waals surface area contributed by atoms with Gasteiger partial charge in [-0.15, -0.1) is 0 Å². The van der Waals surface area contributed by atoms with Crippen LogP contribution in [0.3, 0.4) is 0 Å². The Balaban J connectivity index is 4.82. The van der Waals surface area contributed by atoms with Gasteiger partial charge in [-0.1, -0.05) is 0 Å². The predicted octanol–water partition coefficient (Wildman–Crippen LogP) is 7.14. The van der Waals surface area contributed by atoms with Crippen molar-refractivity contribution in [2.24, 2.45) is 5.92 Å². The summed E-state index contributed by atoms with van der Waals surface area (Å²) in [5, 5.41) is 0. The van der Waals surface area contributed by atoms with E-state index in [1.165, 1.54) is 38.5 Å². The Hall–Kier alpha value is 0.279. The van der Waals surface area contributed by atoms with Gasteiger partial charge in [0.25, 0.3) is 0 Å². The molecule has 0 aliphatic rings. The molecule has 0 unspecified atom stereocenters. The molecule has 118 valence electrons. The summed E-state index contributed by atoms with van der Waals surface area (Å²) in [7, 11) is 0. The zero-order chi connectivity index (χ0) is 15.3. The average molecular weight is 385 g/mol. The van der Waals surface area contributed by atoms with Crippen molar-refractivity contribution in [3.63, 3.8) is 0 Å². The third-order valence-electron chi connectivity index (χ3n) is 4.14. The normalized spacial score (nSPS) is 13.1. The van der Waals surface area contributed by atoms with Crippen LogP contribution in [0.25, 0.3) is 0 Å². The van der Waals surface area contributed by atoms with E-state index in [4.69, 9.17) is 0 Å². The molecule has 0 aliphatic heterocycles. The molecule has 0 heterocycles. The Morgan fingerprint density at radius 1 is 0.750 bits per heavy atom. The van der Waals surface area contributed by atoms with Crippen LogP contribution in [0.1, 0.15) is 73.1 Å². The summed E-state index contributed by atoms with van der Waals surface area (Å²) >= 11 is -1.99. The average Bonchev–Trinajstić information content (AvgIpc) is 2.44. The van der Waals surface area contributed by atoms with E-state index in [9.17, 15) is 0 Å². The SMILES string of the molecule is CCC[CH2][Sn](/[CH]=C/C=C/C(C)C)([CH2]CCC)[CH2]CCC. The van der Waals surface area contributed by atoms with Gasteiger partial charge in [0.2, 0.25) is 0 Å². The van der Waals surface area contributed by atoms with Gasteiger partial charge in [-0.2, -0.15) is 0 Å². The Morgan fingerprint density at radius 3 is 1.55 bits per heavy atom. The zero-order valence-corrected chi connectivity index (χ0v) is 17.6. The van der Waals surface area contributed by atoms with Crippen LogP contribution in [0.4, 0.5) is 0 Å². The van der Waals surface area contributed by atoms with Gasteiger partial charge >= 0.3 is 133 Å². The Bertz CT molecular complexity index is 241. The van der Waals surface area contributed by atoms with Crippen molar-refractivity contribution in [3.8, 4) is 0 Å². The van der Waals surface area contributed by atoms with Crippen molar-refractivity contribution in [3.05, 3.63) is 22.3 Å². The number of rotatable bonds is 12. The standard InChI is InChI=1S/C7H11.3C4H9.Sn/c1-4-5-6-7(2)3;3*1-3-4-2;/h1,4-7H,2-3H3;3*1,3-4H2,2H3;/b4-1?,6-5+;;;;. The molecule has 20 heavy (non-hydrogen) atoms. The van der Waals surface area contributed by atoms with E-state index in [0.29, 0.717) is 5.92 Å². The van der Waals surface area contributed by atoms with Crippen molar-refractivity contribution in [1.29, 1.82) is 0 Å². The fourth-order valence-electron chi connectivity index (χ4n) is 2.76. The van der Waals surface area contributed by atoms with Gasteiger partial charge in [0, 0.05) is 0 Å². The van der Waals surface area contributed by atoms with Crippen LogP contribution >= 0.6 is 0 Å². The van der Waals surface area contributed by atoms with E-state index in [1.54, 1.807) is 13.3 Å². The summed E-state index contributed by atoms with van der Waals surface area (Å²) in [5.74, 6) is 0.672. The van der Waals surface area contributed by atoms with E-state index in [0.717, 1.165) is 0 Å². The second-order valence-corrected chi connectivity index (χ2v) is 19.7. The Kier molecular flexibility index (Phi) is 13.2. The van der Waals surface area contributed by atoms with Crippen molar-refractivity contribution in [2.75, 3.05) is 0 Å². The summed E-state index contributed by atoms with van der Waals surface area (Å²) in [6.07, 6.45) is 15.5. The fraction of sp³-hybridized carbons (Fsp3) is 0.789. The molecule has 0 amide bonds. The molecule has 0 aromatic rings. The van der Waals surface area contributed by atoms with Crippen LogP contribution in [-0.2, 0) is 0 Å². The van der Waals surface area contributed by atoms with Crippen molar-refractivity contribution >= 4 is 18.4 Å². The van der Waals surface area contributed by atoms with Gasteiger partial charge < -0.3 is 0 Å². The second-order valence-electron chi connectivity index (χ2n) is 6.66. The summed E-state index contributed by atoms with van der Waals surface area (Å²) in [4.78, 5) is 0. The van der Waals surface area contributed by atoms with Gasteiger partial charge in [0.05, 0.1) is 0 Å². The molecule has 0 aliphatic carbocycles. The molecular weight excluding hydrogens is 347 g/mol. The van der Waals surface area contributed by atoms with Crippen molar-refractivity contribution < 1.29 is 0 Å². The first-order valence-electron chi connectivity index (χ1n) is 8.96. The molecule has 0 radical (unpaired) electrons. The fourth-order valence-corrected chi connectivity index (χ4v) is 16.9. The summed E-state index contributed by atoms with van der Waals surface area (Å²) in [6, 6.07) is 0. The summed E-state index contributed by atoms with van der Waals surface area (Å²) < 4.78 is 7.49. The van der Waals surface area contributed by atoms with Crippen molar-refractivity contribution in [2.45, 2.75) is 86.5 Å².